The minimum absolute atomic E-state index is 0.00295. The molecule has 2 fully saturated rings. The van der Waals surface area contributed by atoms with Crippen LogP contribution in [0, 0.1) is 0 Å². The molecule has 0 spiro atoms. The van der Waals surface area contributed by atoms with Gasteiger partial charge in [0.25, 0.3) is 11.8 Å². The minimum atomic E-state index is -0.936. The van der Waals surface area contributed by atoms with E-state index in [-0.39, 0.29) is 12.1 Å². The molecule has 126 valence electrons. The highest BCUT2D eigenvalue weighted by Crippen LogP contribution is 2.29. The summed E-state index contributed by atoms with van der Waals surface area (Å²) in [6.45, 7) is 0. The minimum Gasteiger partial charge on any atom is -0.868 e. The fourth-order valence-corrected chi connectivity index (χ4v) is 3.90. The average Bonchev–Trinajstić information content (AvgIpc) is 2.79. The molecule has 0 aromatic heterocycles. The Kier molecular flexibility index (Phi) is 4.68. The normalized spacial score (nSPS) is 24.4. The van der Waals surface area contributed by atoms with Crippen LogP contribution >= 0.6 is 0 Å². The fourth-order valence-electron chi connectivity index (χ4n) is 3.90. The van der Waals surface area contributed by atoms with Gasteiger partial charge in [0.05, 0.1) is 0 Å². The van der Waals surface area contributed by atoms with Crippen molar-refractivity contribution >= 4 is 17.7 Å². The van der Waals surface area contributed by atoms with Crippen LogP contribution < -0.4 is 10.4 Å². The lowest BCUT2D eigenvalue weighted by Crippen LogP contribution is -2.44. The Hall–Kier alpha value is -1.85. The number of carbonyl (C=O) groups excluding carboxylic acids is 3. The number of nitrogens with zero attached hydrogens (tertiary/aromatic N) is 1. The molecular weight excluding hydrogens is 296 g/mol. The topological polar surface area (TPSA) is 89.5 Å². The van der Waals surface area contributed by atoms with E-state index in [1.807, 2.05) is 0 Å². The van der Waals surface area contributed by atoms with Crippen LogP contribution in [-0.4, -0.2) is 34.7 Å². The molecule has 6 nitrogen and oxygen atoms in total. The Bertz CT molecular complexity index is 543. The van der Waals surface area contributed by atoms with Crippen molar-refractivity contribution in [1.29, 1.82) is 0 Å². The quantitative estimate of drug-likeness (QED) is 0.614. The lowest BCUT2D eigenvalue weighted by atomic mass is 9.94. The first-order valence-corrected chi connectivity index (χ1v) is 8.69. The van der Waals surface area contributed by atoms with Crippen LogP contribution in [0.4, 0.5) is 0 Å². The molecule has 0 radical (unpaired) electrons. The SMILES string of the molecule is O=C(NC1CCCCC1)C1=C([O-])C(=O)N(C2CCCCC2)C1=O. The van der Waals surface area contributed by atoms with E-state index in [4.69, 9.17) is 0 Å². The van der Waals surface area contributed by atoms with E-state index in [0.717, 1.165) is 69.1 Å². The van der Waals surface area contributed by atoms with Crippen molar-refractivity contribution in [1.82, 2.24) is 10.2 Å². The maximum atomic E-state index is 12.5. The van der Waals surface area contributed by atoms with Crippen LogP contribution in [0.1, 0.15) is 64.2 Å². The van der Waals surface area contributed by atoms with Crippen LogP contribution in [0.5, 0.6) is 0 Å². The zero-order valence-electron chi connectivity index (χ0n) is 13.3. The molecule has 6 heteroatoms. The summed E-state index contributed by atoms with van der Waals surface area (Å²) in [4.78, 5) is 38.1. The summed E-state index contributed by atoms with van der Waals surface area (Å²) >= 11 is 0. The molecular formula is C17H23N2O4-. The number of hydrogen-bond donors (Lipinski definition) is 1. The first-order chi connectivity index (χ1) is 11.1. The van der Waals surface area contributed by atoms with E-state index in [9.17, 15) is 19.5 Å². The number of nitrogens with one attached hydrogen (secondary N) is 1. The van der Waals surface area contributed by atoms with E-state index in [1.54, 1.807) is 0 Å². The summed E-state index contributed by atoms with van der Waals surface area (Å²) in [7, 11) is 0. The Morgan fingerprint density at radius 3 is 2.09 bits per heavy atom. The molecule has 0 aromatic carbocycles. The van der Waals surface area contributed by atoms with E-state index >= 15 is 0 Å². The lowest BCUT2D eigenvalue weighted by molar-refractivity contribution is -0.299. The van der Waals surface area contributed by atoms with Gasteiger partial charge in [-0.1, -0.05) is 38.5 Å². The van der Waals surface area contributed by atoms with Crippen LogP contribution in [0.2, 0.25) is 0 Å². The van der Waals surface area contributed by atoms with Crippen molar-refractivity contribution in [2.75, 3.05) is 0 Å². The third kappa shape index (κ3) is 3.12. The van der Waals surface area contributed by atoms with Crippen LogP contribution in [0.3, 0.4) is 0 Å². The Balaban J connectivity index is 1.71. The number of amides is 3. The molecule has 3 aliphatic rings. The second kappa shape index (κ2) is 6.72. The van der Waals surface area contributed by atoms with Gasteiger partial charge in [-0.2, -0.15) is 0 Å². The van der Waals surface area contributed by atoms with Crippen LogP contribution in [-0.2, 0) is 14.4 Å². The summed E-state index contributed by atoms with van der Waals surface area (Å²) in [6, 6.07) is -0.226. The predicted molar refractivity (Wildman–Crippen MR) is 80.8 cm³/mol. The highest BCUT2D eigenvalue weighted by molar-refractivity contribution is 6.30. The number of imide groups is 1. The largest absolute Gasteiger partial charge is 0.868 e. The van der Waals surface area contributed by atoms with Gasteiger partial charge < -0.3 is 10.4 Å². The summed E-state index contributed by atoms with van der Waals surface area (Å²) in [5.41, 5.74) is -0.480. The highest BCUT2D eigenvalue weighted by Gasteiger charge is 2.41. The molecule has 0 atom stereocenters. The third-order valence-corrected chi connectivity index (χ3v) is 5.18. The van der Waals surface area contributed by atoms with E-state index in [1.165, 1.54) is 0 Å². The molecule has 0 saturated heterocycles. The van der Waals surface area contributed by atoms with Crippen molar-refractivity contribution < 1.29 is 19.5 Å². The van der Waals surface area contributed by atoms with Crippen LogP contribution in [0.15, 0.2) is 11.3 Å². The van der Waals surface area contributed by atoms with Gasteiger partial charge >= 0.3 is 0 Å². The molecule has 2 saturated carbocycles. The average molecular weight is 319 g/mol. The fraction of sp³-hybridized carbons (Fsp3) is 0.706. The van der Waals surface area contributed by atoms with Gasteiger partial charge in [0, 0.05) is 12.1 Å². The molecule has 1 aliphatic heterocycles. The van der Waals surface area contributed by atoms with Crippen molar-refractivity contribution in [3.63, 3.8) is 0 Å². The van der Waals surface area contributed by atoms with Gasteiger partial charge in [0.15, 0.2) is 0 Å². The molecule has 1 heterocycles. The first-order valence-electron chi connectivity index (χ1n) is 8.69. The molecule has 2 aliphatic carbocycles. The Morgan fingerprint density at radius 1 is 0.913 bits per heavy atom. The predicted octanol–water partition coefficient (Wildman–Crippen LogP) is 0.751. The molecule has 1 N–H and O–H groups in total. The van der Waals surface area contributed by atoms with Gasteiger partial charge in [-0.15, -0.1) is 0 Å². The monoisotopic (exact) mass is 319 g/mol. The Labute approximate surface area is 135 Å². The molecule has 3 amide bonds. The molecule has 0 unspecified atom stereocenters. The standard InChI is InChI=1S/C17H24N2O4/c20-14-13(15(21)18-11-7-3-1-4-8-11)16(22)19(17(14)23)12-9-5-2-6-10-12/h11-12,20H,1-10H2,(H,18,21)/p-1. The van der Waals surface area contributed by atoms with Gasteiger partial charge in [0.1, 0.15) is 5.57 Å². The maximum absolute atomic E-state index is 12.5. The van der Waals surface area contributed by atoms with Gasteiger partial charge in [0.2, 0.25) is 5.91 Å². The molecule has 0 bridgehead atoms. The zero-order valence-corrected chi connectivity index (χ0v) is 13.3. The van der Waals surface area contributed by atoms with Gasteiger partial charge in [-0.25, -0.2) is 0 Å². The first kappa shape index (κ1) is 16.0. The van der Waals surface area contributed by atoms with Crippen LogP contribution in [0.25, 0.3) is 0 Å². The van der Waals surface area contributed by atoms with E-state index in [2.05, 4.69) is 5.32 Å². The summed E-state index contributed by atoms with van der Waals surface area (Å²) in [5, 5.41) is 14.9. The second-order valence-corrected chi connectivity index (χ2v) is 6.78. The second-order valence-electron chi connectivity index (χ2n) is 6.78. The highest BCUT2D eigenvalue weighted by atomic mass is 16.3. The maximum Gasteiger partial charge on any atom is 0.266 e. The smallest absolute Gasteiger partial charge is 0.266 e. The number of hydrogen-bond acceptors (Lipinski definition) is 4. The van der Waals surface area contributed by atoms with Crippen molar-refractivity contribution in [3.8, 4) is 0 Å². The lowest BCUT2D eigenvalue weighted by Gasteiger charge is -2.30. The third-order valence-electron chi connectivity index (χ3n) is 5.18. The number of rotatable bonds is 3. The summed E-state index contributed by atoms with van der Waals surface area (Å²) in [5.74, 6) is -3.12. The van der Waals surface area contributed by atoms with Crippen molar-refractivity contribution in [3.05, 3.63) is 11.3 Å². The Morgan fingerprint density at radius 2 is 1.48 bits per heavy atom. The van der Waals surface area contributed by atoms with Gasteiger partial charge in [-0.05, 0) is 31.4 Å². The zero-order chi connectivity index (χ0) is 16.4. The molecule has 23 heavy (non-hydrogen) atoms. The molecule has 0 aromatic rings. The van der Waals surface area contributed by atoms with E-state index in [0.29, 0.717) is 0 Å². The molecule has 3 rings (SSSR count). The summed E-state index contributed by atoms with van der Waals surface area (Å²) < 4.78 is 0. The van der Waals surface area contributed by atoms with Crippen molar-refractivity contribution in [2.45, 2.75) is 76.3 Å². The van der Waals surface area contributed by atoms with Crippen molar-refractivity contribution in [2.24, 2.45) is 0 Å². The van der Waals surface area contributed by atoms with E-state index < -0.39 is 29.1 Å². The number of carbonyl (C=O) groups is 3. The van der Waals surface area contributed by atoms with Gasteiger partial charge in [-0.3, -0.25) is 19.3 Å². The summed E-state index contributed by atoms with van der Waals surface area (Å²) in [6.07, 6.45) is 9.37.